The molecule has 1 atom stereocenters. The molecule has 0 radical (unpaired) electrons. The molecular weight excluding hydrogens is 280 g/mol. The van der Waals surface area contributed by atoms with Gasteiger partial charge in [0.2, 0.25) is 0 Å². The van der Waals surface area contributed by atoms with E-state index in [4.69, 9.17) is 5.11 Å². The van der Waals surface area contributed by atoms with Crippen LogP contribution in [0.3, 0.4) is 0 Å². The fraction of sp³-hybridized carbons (Fsp3) is 0.647. The number of aliphatic carboxylic acids is 1. The molecule has 122 valence electrons. The van der Waals surface area contributed by atoms with Gasteiger partial charge < -0.3 is 14.6 Å². The lowest BCUT2D eigenvalue weighted by Crippen LogP contribution is -2.44. The van der Waals surface area contributed by atoms with Crippen LogP contribution in [-0.4, -0.2) is 39.0 Å². The van der Waals surface area contributed by atoms with Gasteiger partial charge in [0.1, 0.15) is 0 Å². The predicted octanol–water partition coefficient (Wildman–Crippen LogP) is 2.98. The number of aryl methyl sites for hydroxylation is 1. The van der Waals surface area contributed by atoms with Gasteiger partial charge in [0.05, 0.1) is 5.56 Å². The van der Waals surface area contributed by atoms with Crippen molar-refractivity contribution in [2.75, 3.05) is 6.54 Å². The maximum Gasteiger partial charge on any atom is 0.303 e. The topological polar surface area (TPSA) is 62.5 Å². The SMILES string of the molecule is CCn1c(C)cc(C(=O)N2CCCCC2CCC(=O)O)c1C. The fourth-order valence-corrected chi connectivity index (χ4v) is 3.52. The highest BCUT2D eigenvalue weighted by molar-refractivity contribution is 5.96. The molecule has 0 aliphatic carbocycles. The molecule has 2 heterocycles. The average Bonchev–Trinajstić information content (AvgIpc) is 2.79. The quantitative estimate of drug-likeness (QED) is 0.909. The lowest BCUT2D eigenvalue weighted by atomic mass is 9.97. The van der Waals surface area contributed by atoms with Crippen molar-refractivity contribution in [3.05, 3.63) is 23.0 Å². The fourth-order valence-electron chi connectivity index (χ4n) is 3.52. The van der Waals surface area contributed by atoms with Crippen molar-refractivity contribution < 1.29 is 14.7 Å². The Morgan fingerprint density at radius 1 is 1.32 bits per heavy atom. The second-order valence-corrected chi connectivity index (χ2v) is 6.11. The highest BCUT2D eigenvalue weighted by Gasteiger charge is 2.29. The van der Waals surface area contributed by atoms with E-state index in [1.165, 1.54) is 0 Å². The summed E-state index contributed by atoms with van der Waals surface area (Å²) < 4.78 is 2.14. The molecule has 1 aliphatic heterocycles. The molecule has 0 bridgehead atoms. The molecule has 1 saturated heterocycles. The Morgan fingerprint density at radius 2 is 2.05 bits per heavy atom. The molecule has 1 aliphatic rings. The molecule has 1 N–H and O–H groups in total. The van der Waals surface area contributed by atoms with E-state index in [0.717, 1.165) is 49.3 Å². The van der Waals surface area contributed by atoms with Crippen molar-refractivity contribution in [2.24, 2.45) is 0 Å². The Morgan fingerprint density at radius 3 is 2.64 bits per heavy atom. The van der Waals surface area contributed by atoms with Crippen LogP contribution in [0.15, 0.2) is 6.07 Å². The van der Waals surface area contributed by atoms with Crippen LogP contribution in [0.1, 0.15) is 60.8 Å². The number of rotatable bonds is 5. The van der Waals surface area contributed by atoms with Crippen LogP contribution in [0, 0.1) is 13.8 Å². The summed E-state index contributed by atoms with van der Waals surface area (Å²) in [6.45, 7) is 7.67. The first-order chi connectivity index (χ1) is 10.5. The van der Waals surface area contributed by atoms with E-state index in [9.17, 15) is 9.59 Å². The lowest BCUT2D eigenvalue weighted by Gasteiger charge is -2.35. The van der Waals surface area contributed by atoms with Crippen LogP contribution in [0.25, 0.3) is 0 Å². The number of nitrogens with zero attached hydrogens (tertiary/aromatic N) is 2. The van der Waals surface area contributed by atoms with Crippen molar-refractivity contribution in [1.82, 2.24) is 9.47 Å². The van der Waals surface area contributed by atoms with E-state index in [1.54, 1.807) is 0 Å². The largest absolute Gasteiger partial charge is 0.481 e. The van der Waals surface area contributed by atoms with Crippen molar-refractivity contribution >= 4 is 11.9 Å². The van der Waals surface area contributed by atoms with Crippen molar-refractivity contribution in [3.8, 4) is 0 Å². The van der Waals surface area contributed by atoms with Crippen molar-refractivity contribution in [1.29, 1.82) is 0 Å². The summed E-state index contributed by atoms with van der Waals surface area (Å²) in [5.41, 5.74) is 2.87. The van der Waals surface area contributed by atoms with Crippen LogP contribution in [0.5, 0.6) is 0 Å². The molecule has 1 aromatic rings. The maximum atomic E-state index is 12.9. The van der Waals surface area contributed by atoms with Crippen LogP contribution < -0.4 is 0 Å². The number of likely N-dealkylation sites (tertiary alicyclic amines) is 1. The predicted molar refractivity (Wildman–Crippen MR) is 85.1 cm³/mol. The first-order valence-corrected chi connectivity index (χ1v) is 8.15. The average molecular weight is 306 g/mol. The second-order valence-electron chi connectivity index (χ2n) is 6.11. The van der Waals surface area contributed by atoms with E-state index >= 15 is 0 Å². The van der Waals surface area contributed by atoms with E-state index < -0.39 is 5.97 Å². The Balaban J connectivity index is 2.20. The molecule has 1 fully saturated rings. The molecule has 2 rings (SSSR count). The standard InChI is InChI=1S/C17H26N2O3/c1-4-18-12(2)11-15(13(18)3)17(22)19-10-6-5-7-14(19)8-9-16(20)21/h11,14H,4-10H2,1-3H3,(H,20,21). The zero-order chi connectivity index (χ0) is 16.3. The first kappa shape index (κ1) is 16.6. The number of hydrogen-bond donors (Lipinski definition) is 1. The van der Waals surface area contributed by atoms with Gasteiger partial charge in [0, 0.05) is 36.9 Å². The summed E-state index contributed by atoms with van der Waals surface area (Å²) in [4.78, 5) is 25.6. The van der Waals surface area contributed by atoms with Crippen molar-refractivity contribution in [3.63, 3.8) is 0 Å². The van der Waals surface area contributed by atoms with Gasteiger partial charge in [-0.25, -0.2) is 0 Å². The zero-order valence-corrected chi connectivity index (χ0v) is 13.8. The number of hydrogen-bond acceptors (Lipinski definition) is 2. The Hall–Kier alpha value is -1.78. The Bertz CT molecular complexity index is 562. The normalized spacial score (nSPS) is 18.5. The van der Waals surface area contributed by atoms with Gasteiger partial charge in [-0.3, -0.25) is 9.59 Å². The van der Waals surface area contributed by atoms with E-state index in [1.807, 2.05) is 24.8 Å². The first-order valence-electron chi connectivity index (χ1n) is 8.15. The van der Waals surface area contributed by atoms with Crippen LogP contribution in [-0.2, 0) is 11.3 Å². The molecule has 1 amide bonds. The molecule has 22 heavy (non-hydrogen) atoms. The third-order valence-electron chi connectivity index (χ3n) is 4.70. The summed E-state index contributed by atoms with van der Waals surface area (Å²) in [6.07, 6.45) is 3.66. The Kier molecular flexibility index (Phi) is 5.27. The van der Waals surface area contributed by atoms with Gasteiger partial charge in [-0.2, -0.15) is 0 Å². The summed E-state index contributed by atoms with van der Waals surface area (Å²) in [5.74, 6) is -0.731. The smallest absolute Gasteiger partial charge is 0.303 e. The maximum absolute atomic E-state index is 12.9. The van der Waals surface area contributed by atoms with Gasteiger partial charge in [-0.05, 0) is 52.5 Å². The van der Waals surface area contributed by atoms with Crippen LogP contribution in [0.2, 0.25) is 0 Å². The highest BCUT2D eigenvalue weighted by atomic mass is 16.4. The monoisotopic (exact) mass is 306 g/mol. The third-order valence-corrected chi connectivity index (χ3v) is 4.70. The minimum absolute atomic E-state index is 0.0574. The van der Waals surface area contributed by atoms with E-state index in [2.05, 4.69) is 11.5 Å². The van der Waals surface area contributed by atoms with Crippen LogP contribution in [0.4, 0.5) is 0 Å². The number of carbonyl (C=O) groups is 2. The molecule has 5 nitrogen and oxygen atoms in total. The highest BCUT2D eigenvalue weighted by Crippen LogP contribution is 2.25. The number of piperidine rings is 1. The third kappa shape index (κ3) is 3.34. The summed E-state index contributed by atoms with van der Waals surface area (Å²) in [6, 6.07) is 2.02. The Labute approximate surface area is 131 Å². The lowest BCUT2D eigenvalue weighted by molar-refractivity contribution is -0.137. The van der Waals surface area contributed by atoms with Gasteiger partial charge in [0.15, 0.2) is 0 Å². The summed E-state index contributed by atoms with van der Waals surface area (Å²) in [5, 5.41) is 8.89. The van der Waals surface area contributed by atoms with Gasteiger partial charge in [-0.15, -0.1) is 0 Å². The summed E-state index contributed by atoms with van der Waals surface area (Å²) >= 11 is 0. The van der Waals surface area contributed by atoms with Gasteiger partial charge >= 0.3 is 5.97 Å². The molecule has 0 aromatic carbocycles. The molecule has 5 heteroatoms. The minimum Gasteiger partial charge on any atom is -0.481 e. The molecular formula is C17H26N2O3. The molecule has 1 unspecified atom stereocenters. The number of aromatic nitrogens is 1. The van der Waals surface area contributed by atoms with Gasteiger partial charge in [0.25, 0.3) is 5.91 Å². The number of carboxylic acid groups (broad SMARTS) is 1. The molecule has 0 spiro atoms. The minimum atomic E-state index is -0.790. The van der Waals surface area contributed by atoms with Crippen LogP contribution >= 0.6 is 0 Å². The second kappa shape index (κ2) is 6.99. The van der Waals surface area contributed by atoms with Crippen molar-refractivity contribution in [2.45, 2.75) is 65.5 Å². The number of carbonyl (C=O) groups excluding carboxylic acids is 1. The summed E-state index contributed by atoms with van der Waals surface area (Å²) in [7, 11) is 0. The number of amides is 1. The molecule has 0 saturated carbocycles. The number of carboxylic acids is 1. The zero-order valence-electron chi connectivity index (χ0n) is 13.8. The molecule has 1 aromatic heterocycles. The van der Waals surface area contributed by atoms with Gasteiger partial charge in [-0.1, -0.05) is 0 Å². The van der Waals surface area contributed by atoms with E-state index in [-0.39, 0.29) is 18.4 Å². The van der Waals surface area contributed by atoms with E-state index in [0.29, 0.717) is 6.42 Å².